The number of ether oxygens (including phenoxy) is 1. The third-order valence-corrected chi connectivity index (χ3v) is 3.22. The highest BCUT2D eigenvalue weighted by atomic mass is 16.5. The van der Waals surface area contributed by atoms with Crippen molar-refractivity contribution >= 4 is 0 Å². The summed E-state index contributed by atoms with van der Waals surface area (Å²) in [6.07, 6.45) is 5.79. The van der Waals surface area contributed by atoms with Gasteiger partial charge in [-0.2, -0.15) is 0 Å². The molecule has 0 amide bonds. The van der Waals surface area contributed by atoms with Crippen molar-refractivity contribution in [2.24, 2.45) is 0 Å². The largest absolute Gasteiger partial charge is 0.497 e. The third-order valence-electron chi connectivity index (χ3n) is 3.22. The highest BCUT2D eigenvalue weighted by Gasteiger charge is 2.10. The first-order valence-corrected chi connectivity index (χ1v) is 6.56. The van der Waals surface area contributed by atoms with Crippen molar-refractivity contribution in [2.45, 2.75) is 44.9 Å². The Hall–Kier alpha value is -1.02. The van der Waals surface area contributed by atoms with E-state index in [-0.39, 0.29) is 6.61 Å². The molecule has 0 aliphatic heterocycles. The normalized spacial score (nSPS) is 12.4. The van der Waals surface area contributed by atoms with Gasteiger partial charge in [0.15, 0.2) is 0 Å². The standard InChI is InChI=1S/C15H24O2/c1-3-4-5-6-13(11-12-16)14-7-9-15(17-2)10-8-14/h7-10,13,16H,3-6,11-12H2,1-2H3/t13-/m0/s1. The van der Waals surface area contributed by atoms with Gasteiger partial charge in [0.2, 0.25) is 0 Å². The van der Waals surface area contributed by atoms with E-state index in [9.17, 15) is 0 Å². The van der Waals surface area contributed by atoms with E-state index in [1.165, 1.54) is 31.2 Å². The molecule has 0 aliphatic carbocycles. The van der Waals surface area contributed by atoms with Crippen molar-refractivity contribution in [2.75, 3.05) is 13.7 Å². The Morgan fingerprint density at radius 1 is 1.12 bits per heavy atom. The number of unbranched alkanes of at least 4 members (excludes halogenated alkanes) is 2. The number of hydrogen-bond acceptors (Lipinski definition) is 2. The first-order valence-electron chi connectivity index (χ1n) is 6.56. The molecular formula is C15H24O2. The van der Waals surface area contributed by atoms with Gasteiger partial charge in [-0.15, -0.1) is 0 Å². The number of aliphatic hydroxyl groups is 1. The predicted octanol–water partition coefficient (Wildman–Crippen LogP) is 3.74. The second-order valence-corrected chi connectivity index (χ2v) is 4.48. The van der Waals surface area contributed by atoms with Crippen molar-refractivity contribution in [1.82, 2.24) is 0 Å². The molecule has 0 fully saturated rings. The molecule has 1 aromatic carbocycles. The van der Waals surface area contributed by atoms with Crippen LogP contribution >= 0.6 is 0 Å². The molecule has 2 nitrogen and oxygen atoms in total. The molecule has 1 rings (SSSR count). The van der Waals surface area contributed by atoms with Gasteiger partial charge >= 0.3 is 0 Å². The van der Waals surface area contributed by atoms with Crippen LogP contribution in [0.1, 0.15) is 50.5 Å². The van der Waals surface area contributed by atoms with Gasteiger partial charge in [0.1, 0.15) is 5.75 Å². The number of aliphatic hydroxyl groups excluding tert-OH is 1. The summed E-state index contributed by atoms with van der Waals surface area (Å²) in [5.41, 5.74) is 1.32. The minimum Gasteiger partial charge on any atom is -0.497 e. The SMILES string of the molecule is CCCCC[C@@H](CCO)c1ccc(OC)cc1. The number of rotatable bonds is 8. The zero-order valence-electron chi connectivity index (χ0n) is 11.0. The lowest BCUT2D eigenvalue weighted by Crippen LogP contribution is -2.02. The second-order valence-electron chi connectivity index (χ2n) is 4.48. The Bertz CT molecular complexity index is 292. The van der Waals surface area contributed by atoms with Gasteiger partial charge in [0.05, 0.1) is 7.11 Å². The predicted molar refractivity (Wildman–Crippen MR) is 71.6 cm³/mol. The van der Waals surface area contributed by atoms with Crippen molar-refractivity contribution in [3.63, 3.8) is 0 Å². The summed E-state index contributed by atoms with van der Waals surface area (Å²) in [5, 5.41) is 9.13. The van der Waals surface area contributed by atoms with E-state index in [2.05, 4.69) is 19.1 Å². The van der Waals surface area contributed by atoms with Gasteiger partial charge in [-0.3, -0.25) is 0 Å². The Kier molecular flexibility index (Phi) is 6.71. The Labute approximate surface area is 105 Å². The molecule has 96 valence electrons. The molecule has 0 saturated heterocycles. The smallest absolute Gasteiger partial charge is 0.118 e. The van der Waals surface area contributed by atoms with Crippen LogP contribution in [0.4, 0.5) is 0 Å². The molecule has 0 heterocycles. The zero-order chi connectivity index (χ0) is 12.5. The average Bonchev–Trinajstić information content (AvgIpc) is 2.38. The van der Waals surface area contributed by atoms with Crippen molar-refractivity contribution < 1.29 is 9.84 Å². The summed E-state index contributed by atoms with van der Waals surface area (Å²) in [5.74, 6) is 1.38. The van der Waals surface area contributed by atoms with Crippen LogP contribution in [0.5, 0.6) is 5.75 Å². The molecule has 0 spiro atoms. The molecule has 0 saturated carbocycles. The molecule has 1 atom stereocenters. The number of methoxy groups -OCH3 is 1. The van der Waals surface area contributed by atoms with E-state index in [0.717, 1.165) is 12.2 Å². The fourth-order valence-electron chi connectivity index (χ4n) is 2.15. The van der Waals surface area contributed by atoms with Crippen molar-refractivity contribution in [1.29, 1.82) is 0 Å². The molecular weight excluding hydrogens is 212 g/mol. The van der Waals surface area contributed by atoms with Crippen LogP contribution in [0, 0.1) is 0 Å². The summed E-state index contributed by atoms with van der Waals surface area (Å²) >= 11 is 0. The monoisotopic (exact) mass is 236 g/mol. The van der Waals surface area contributed by atoms with Crippen molar-refractivity contribution in [3.05, 3.63) is 29.8 Å². The van der Waals surface area contributed by atoms with Gasteiger partial charge in [0.25, 0.3) is 0 Å². The van der Waals surface area contributed by atoms with E-state index in [0.29, 0.717) is 5.92 Å². The van der Waals surface area contributed by atoms with Crippen LogP contribution in [-0.4, -0.2) is 18.8 Å². The maximum Gasteiger partial charge on any atom is 0.118 e. The quantitative estimate of drug-likeness (QED) is 0.697. The maximum absolute atomic E-state index is 9.13. The minimum absolute atomic E-state index is 0.267. The Morgan fingerprint density at radius 2 is 1.82 bits per heavy atom. The van der Waals surface area contributed by atoms with E-state index >= 15 is 0 Å². The third kappa shape index (κ3) is 4.78. The highest BCUT2D eigenvalue weighted by Crippen LogP contribution is 2.27. The highest BCUT2D eigenvalue weighted by molar-refractivity contribution is 5.29. The minimum atomic E-state index is 0.267. The van der Waals surface area contributed by atoms with Crippen LogP contribution in [-0.2, 0) is 0 Å². The number of hydrogen-bond donors (Lipinski definition) is 1. The fourth-order valence-corrected chi connectivity index (χ4v) is 2.15. The molecule has 0 aromatic heterocycles. The van der Waals surface area contributed by atoms with E-state index in [4.69, 9.17) is 9.84 Å². The van der Waals surface area contributed by atoms with E-state index in [1.54, 1.807) is 7.11 Å². The lowest BCUT2D eigenvalue weighted by molar-refractivity contribution is 0.271. The molecule has 2 heteroatoms. The Balaban J connectivity index is 2.60. The molecule has 0 radical (unpaired) electrons. The van der Waals surface area contributed by atoms with Gasteiger partial charge in [-0.25, -0.2) is 0 Å². The fraction of sp³-hybridized carbons (Fsp3) is 0.600. The summed E-state index contributed by atoms with van der Waals surface area (Å²) in [4.78, 5) is 0. The summed E-state index contributed by atoms with van der Waals surface area (Å²) in [6, 6.07) is 8.23. The van der Waals surface area contributed by atoms with Crippen LogP contribution in [0.3, 0.4) is 0 Å². The molecule has 0 aliphatic rings. The van der Waals surface area contributed by atoms with Crippen molar-refractivity contribution in [3.8, 4) is 5.75 Å². The van der Waals surface area contributed by atoms with Gasteiger partial charge in [0, 0.05) is 6.61 Å². The lowest BCUT2D eigenvalue weighted by atomic mass is 9.90. The van der Waals surface area contributed by atoms with Crippen LogP contribution in [0.25, 0.3) is 0 Å². The molecule has 1 N–H and O–H groups in total. The lowest BCUT2D eigenvalue weighted by Gasteiger charge is -2.16. The molecule has 17 heavy (non-hydrogen) atoms. The van der Waals surface area contributed by atoms with Crippen LogP contribution < -0.4 is 4.74 Å². The van der Waals surface area contributed by atoms with Gasteiger partial charge < -0.3 is 9.84 Å². The van der Waals surface area contributed by atoms with Crippen LogP contribution in [0.15, 0.2) is 24.3 Å². The summed E-state index contributed by atoms with van der Waals surface area (Å²) in [7, 11) is 1.68. The van der Waals surface area contributed by atoms with Crippen LogP contribution in [0.2, 0.25) is 0 Å². The first-order chi connectivity index (χ1) is 8.31. The maximum atomic E-state index is 9.13. The zero-order valence-corrected chi connectivity index (χ0v) is 11.0. The Morgan fingerprint density at radius 3 is 2.35 bits per heavy atom. The van der Waals surface area contributed by atoms with Gasteiger partial charge in [-0.05, 0) is 36.5 Å². The average molecular weight is 236 g/mol. The summed E-state index contributed by atoms with van der Waals surface area (Å²) < 4.78 is 5.16. The molecule has 0 unspecified atom stereocenters. The number of benzene rings is 1. The molecule has 1 aromatic rings. The van der Waals surface area contributed by atoms with Gasteiger partial charge in [-0.1, -0.05) is 38.3 Å². The van der Waals surface area contributed by atoms with E-state index in [1.807, 2.05) is 12.1 Å². The second kappa shape index (κ2) is 8.13. The summed E-state index contributed by atoms with van der Waals surface area (Å²) in [6.45, 7) is 2.48. The van der Waals surface area contributed by atoms with E-state index < -0.39 is 0 Å². The first kappa shape index (κ1) is 14.0. The topological polar surface area (TPSA) is 29.5 Å². The molecule has 0 bridgehead atoms.